The van der Waals surface area contributed by atoms with Crippen LogP contribution in [0.25, 0.3) is 5.65 Å². The van der Waals surface area contributed by atoms with E-state index < -0.39 is 10.0 Å². The maximum absolute atomic E-state index is 12.9. The first kappa shape index (κ1) is 20.4. The van der Waals surface area contributed by atoms with Gasteiger partial charge in [-0.25, -0.2) is 18.1 Å². The Labute approximate surface area is 175 Å². The van der Waals surface area contributed by atoms with Gasteiger partial charge >= 0.3 is 0 Å². The summed E-state index contributed by atoms with van der Waals surface area (Å²) >= 11 is 0. The Balaban J connectivity index is 1.51. The second kappa shape index (κ2) is 8.08. The number of nitrogens with zero attached hydrogens (tertiary/aromatic N) is 3. The summed E-state index contributed by atoms with van der Waals surface area (Å²) in [6.45, 7) is 2.78. The summed E-state index contributed by atoms with van der Waals surface area (Å²) in [6, 6.07) is 8.76. The molecule has 3 aromatic rings. The number of benzene rings is 1. The molecule has 0 atom stereocenters. The molecule has 0 radical (unpaired) electrons. The van der Waals surface area contributed by atoms with E-state index in [2.05, 4.69) is 9.71 Å². The highest BCUT2D eigenvalue weighted by Crippen LogP contribution is 2.30. The number of ether oxygens (including phenoxy) is 1. The van der Waals surface area contributed by atoms with Gasteiger partial charge < -0.3 is 14.0 Å². The lowest BCUT2D eigenvalue weighted by atomic mass is 10.3. The van der Waals surface area contributed by atoms with Crippen LogP contribution in [0.15, 0.2) is 47.6 Å². The monoisotopic (exact) mass is 428 g/mol. The van der Waals surface area contributed by atoms with Crippen molar-refractivity contribution in [3.8, 4) is 5.75 Å². The number of carbonyl (C=O) groups is 1. The van der Waals surface area contributed by atoms with Gasteiger partial charge in [-0.3, -0.25) is 4.79 Å². The van der Waals surface area contributed by atoms with Crippen molar-refractivity contribution < 1.29 is 17.9 Å². The van der Waals surface area contributed by atoms with Gasteiger partial charge in [-0.1, -0.05) is 0 Å². The van der Waals surface area contributed by atoms with Crippen molar-refractivity contribution in [1.82, 2.24) is 14.1 Å². The van der Waals surface area contributed by atoms with E-state index in [1.165, 1.54) is 13.2 Å². The Bertz CT molecular complexity index is 1200. The van der Waals surface area contributed by atoms with E-state index in [0.29, 0.717) is 25.1 Å². The average Bonchev–Trinajstić information content (AvgIpc) is 3.32. The number of aryl methyl sites for hydroxylation is 1. The van der Waals surface area contributed by atoms with Gasteiger partial charge in [0.2, 0.25) is 15.9 Å². The molecule has 0 bridgehead atoms. The van der Waals surface area contributed by atoms with E-state index >= 15 is 0 Å². The summed E-state index contributed by atoms with van der Waals surface area (Å²) in [7, 11) is -2.40. The van der Waals surface area contributed by atoms with Gasteiger partial charge in [-0.2, -0.15) is 0 Å². The summed E-state index contributed by atoms with van der Waals surface area (Å²) in [5.41, 5.74) is 3.31. The van der Waals surface area contributed by atoms with Crippen molar-refractivity contribution in [3.63, 3.8) is 0 Å². The number of anilines is 1. The molecule has 4 rings (SSSR count). The minimum atomic E-state index is -3.83. The third-order valence-corrected chi connectivity index (χ3v) is 6.64. The number of aromatic nitrogens is 2. The molecule has 1 aromatic carbocycles. The van der Waals surface area contributed by atoms with Crippen LogP contribution in [0.4, 0.5) is 5.69 Å². The predicted molar refractivity (Wildman–Crippen MR) is 113 cm³/mol. The quantitative estimate of drug-likeness (QED) is 0.623. The molecule has 9 heteroatoms. The third-order valence-electron chi connectivity index (χ3n) is 5.16. The van der Waals surface area contributed by atoms with Gasteiger partial charge in [0, 0.05) is 44.0 Å². The molecule has 3 heterocycles. The molecule has 30 heavy (non-hydrogen) atoms. The van der Waals surface area contributed by atoms with Gasteiger partial charge in [0.1, 0.15) is 16.3 Å². The number of fused-ring (bicyclic) bond motifs is 1. The fourth-order valence-corrected chi connectivity index (χ4v) is 4.83. The number of hydrogen-bond donors (Lipinski definition) is 1. The number of pyridine rings is 1. The maximum atomic E-state index is 12.9. The Morgan fingerprint density at radius 1 is 1.23 bits per heavy atom. The van der Waals surface area contributed by atoms with Crippen molar-refractivity contribution in [3.05, 3.63) is 54.0 Å². The summed E-state index contributed by atoms with van der Waals surface area (Å²) in [4.78, 5) is 18.2. The molecule has 1 amide bonds. The summed E-state index contributed by atoms with van der Waals surface area (Å²) in [5, 5.41) is 0. The molecule has 1 N–H and O–H groups in total. The van der Waals surface area contributed by atoms with Gasteiger partial charge in [-0.05, 0) is 49.2 Å². The van der Waals surface area contributed by atoms with Crippen LogP contribution in [0.3, 0.4) is 0 Å². The fraction of sp³-hybridized carbons (Fsp3) is 0.333. The summed E-state index contributed by atoms with van der Waals surface area (Å²) < 4.78 is 35.7. The number of methoxy groups -OCH3 is 1. The molecule has 2 aromatic heterocycles. The molecular formula is C21H24N4O4S. The Morgan fingerprint density at radius 3 is 2.80 bits per heavy atom. The zero-order valence-electron chi connectivity index (χ0n) is 17.0. The first-order valence-corrected chi connectivity index (χ1v) is 11.3. The molecular weight excluding hydrogens is 404 g/mol. The first-order chi connectivity index (χ1) is 14.4. The van der Waals surface area contributed by atoms with E-state index in [-0.39, 0.29) is 23.1 Å². The van der Waals surface area contributed by atoms with Crippen LogP contribution in [0.1, 0.15) is 24.1 Å². The van der Waals surface area contributed by atoms with Crippen LogP contribution in [0.2, 0.25) is 0 Å². The lowest BCUT2D eigenvalue weighted by Gasteiger charge is -2.18. The SMILES string of the molecule is COc1ccc(N2CCCC2=O)cc1S(=O)(=O)NCCc1cn2ccc(C)cc2n1. The van der Waals surface area contributed by atoms with E-state index in [0.717, 1.165) is 23.3 Å². The van der Waals surface area contributed by atoms with Crippen LogP contribution in [-0.2, 0) is 21.2 Å². The number of sulfonamides is 1. The normalized spacial score (nSPS) is 14.6. The molecule has 1 aliphatic rings. The topological polar surface area (TPSA) is 93.0 Å². The molecule has 0 unspecified atom stereocenters. The maximum Gasteiger partial charge on any atom is 0.244 e. The number of amides is 1. The second-order valence-electron chi connectivity index (χ2n) is 7.33. The summed E-state index contributed by atoms with van der Waals surface area (Å²) in [6.07, 6.45) is 5.52. The molecule has 0 saturated carbocycles. The highest BCUT2D eigenvalue weighted by atomic mass is 32.2. The molecule has 0 spiro atoms. The number of nitrogens with one attached hydrogen (secondary N) is 1. The number of rotatable bonds is 7. The smallest absolute Gasteiger partial charge is 0.244 e. The largest absolute Gasteiger partial charge is 0.495 e. The van der Waals surface area contributed by atoms with Crippen molar-refractivity contribution in [1.29, 1.82) is 0 Å². The first-order valence-electron chi connectivity index (χ1n) is 9.80. The van der Waals surface area contributed by atoms with Crippen molar-refractivity contribution in [2.75, 3.05) is 25.1 Å². The number of imidazole rings is 1. The Hall–Kier alpha value is -2.91. The van der Waals surface area contributed by atoms with Crippen LogP contribution in [-0.4, -0.2) is 43.9 Å². The van der Waals surface area contributed by atoms with Crippen molar-refractivity contribution in [2.45, 2.75) is 31.1 Å². The number of carbonyl (C=O) groups excluding carboxylic acids is 1. The standard InChI is InChI=1S/C21H24N4O4S/c1-15-8-11-24-14-16(23-20(24)12-15)7-9-22-30(27,28)19-13-17(5-6-18(19)29-2)25-10-3-4-21(25)26/h5-6,8,11-14,22H,3-4,7,9-10H2,1-2H3. The zero-order chi connectivity index (χ0) is 21.3. The summed E-state index contributed by atoms with van der Waals surface area (Å²) in [5.74, 6) is 0.236. The van der Waals surface area contributed by atoms with Gasteiger partial charge in [0.05, 0.1) is 12.8 Å². The van der Waals surface area contributed by atoms with Gasteiger partial charge in [0.25, 0.3) is 0 Å². The van der Waals surface area contributed by atoms with E-state index in [9.17, 15) is 13.2 Å². The molecule has 1 fully saturated rings. The molecule has 1 saturated heterocycles. The average molecular weight is 429 g/mol. The van der Waals surface area contributed by atoms with Gasteiger partial charge in [0.15, 0.2) is 0 Å². The third kappa shape index (κ3) is 4.03. The number of hydrogen-bond acceptors (Lipinski definition) is 5. The molecule has 158 valence electrons. The zero-order valence-corrected chi connectivity index (χ0v) is 17.8. The Morgan fingerprint density at radius 2 is 2.07 bits per heavy atom. The minimum Gasteiger partial charge on any atom is -0.495 e. The second-order valence-corrected chi connectivity index (χ2v) is 9.07. The molecule has 1 aliphatic heterocycles. The lowest BCUT2D eigenvalue weighted by Crippen LogP contribution is -2.28. The van der Waals surface area contributed by atoms with Crippen molar-refractivity contribution >= 4 is 27.3 Å². The highest BCUT2D eigenvalue weighted by Gasteiger charge is 2.26. The van der Waals surface area contributed by atoms with Crippen LogP contribution in [0.5, 0.6) is 5.75 Å². The van der Waals surface area contributed by atoms with Crippen LogP contribution in [0, 0.1) is 6.92 Å². The minimum absolute atomic E-state index is 0.00133. The van der Waals surface area contributed by atoms with Crippen LogP contribution >= 0.6 is 0 Å². The van der Waals surface area contributed by atoms with Crippen LogP contribution < -0.4 is 14.4 Å². The molecule has 8 nitrogen and oxygen atoms in total. The Kier molecular flexibility index (Phi) is 5.48. The molecule has 0 aliphatic carbocycles. The van der Waals surface area contributed by atoms with E-state index in [4.69, 9.17) is 4.74 Å². The van der Waals surface area contributed by atoms with Gasteiger partial charge in [-0.15, -0.1) is 0 Å². The highest BCUT2D eigenvalue weighted by molar-refractivity contribution is 7.89. The van der Waals surface area contributed by atoms with Crippen molar-refractivity contribution in [2.24, 2.45) is 0 Å². The van der Waals surface area contributed by atoms with E-state index in [1.54, 1.807) is 17.0 Å². The van der Waals surface area contributed by atoms with E-state index in [1.807, 2.05) is 35.9 Å². The fourth-order valence-electron chi connectivity index (χ4n) is 3.61. The lowest BCUT2D eigenvalue weighted by molar-refractivity contribution is -0.117. The predicted octanol–water partition coefficient (Wildman–Crippen LogP) is 2.30.